The molecule has 4 aromatic rings. The third-order valence-corrected chi connectivity index (χ3v) is 8.91. The zero-order chi connectivity index (χ0) is 27.8. The quantitative estimate of drug-likeness (QED) is 0.215. The third-order valence-electron chi connectivity index (χ3n) is 8.91. The molecule has 4 N–H and O–H groups in total. The van der Waals surface area contributed by atoms with Gasteiger partial charge >= 0.3 is 0 Å². The topological polar surface area (TPSA) is 80.9 Å². The van der Waals surface area contributed by atoms with Crippen LogP contribution in [0, 0.1) is 11.8 Å². The fraction of sp³-hybridized carbons (Fsp3) is 0.0811. The van der Waals surface area contributed by atoms with Crippen molar-refractivity contribution in [3.05, 3.63) is 154 Å². The Morgan fingerprint density at radius 3 is 1.73 bits per heavy atom. The first-order chi connectivity index (χ1) is 20.0. The molecule has 198 valence electrons. The van der Waals surface area contributed by atoms with E-state index in [2.05, 4.69) is 54.7 Å². The second-order valence-corrected chi connectivity index (χ2v) is 11.2. The third kappa shape index (κ3) is 3.54. The number of phenolic OH excluding ortho intramolecular Hbond substituents is 4. The summed E-state index contributed by atoms with van der Waals surface area (Å²) in [4.78, 5) is 0. The number of hydrogen-bond donors (Lipinski definition) is 4. The fourth-order valence-electron chi connectivity index (χ4n) is 7.16. The van der Waals surface area contributed by atoms with E-state index < -0.39 is 5.92 Å². The highest BCUT2D eigenvalue weighted by Gasteiger charge is 2.39. The van der Waals surface area contributed by atoms with Gasteiger partial charge in [0, 0.05) is 28.9 Å². The van der Waals surface area contributed by atoms with Gasteiger partial charge in [0.15, 0.2) is 0 Å². The van der Waals surface area contributed by atoms with Crippen LogP contribution in [0.25, 0.3) is 21.5 Å². The van der Waals surface area contributed by atoms with E-state index in [1.165, 1.54) is 22.3 Å². The SMILES string of the molecule is Oc1ccc2c(C(C3=CC4=CC=C5C=CC=C6C=CC(=C3)C4C65)c3c(O)ccc4cc(O)ccc34)c(O)ccc2c1. The van der Waals surface area contributed by atoms with E-state index in [4.69, 9.17) is 0 Å². The molecule has 2 atom stereocenters. The molecule has 4 aliphatic carbocycles. The summed E-state index contributed by atoms with van der Waals surface area (Å²) in [5.74, 6) is 0.421. The monoisotopic (exact) mass is 534 g/mol. The Morgan fingerprint density at radius 2 is 1.07 bits per heavy atom. The van der Waals surface area contributed by atoms with Gasteiger partial charge in [0.2, 0.25) is 0 Å². The Hall–Kier alpha value is -5.22. The van der Waals surface area contributed by atoms with E-state index in [-0.39, 0.29) is 34.8 Å². The van der Waals surface area contributed by atoms with Crippen LogP contribution in [-0.4, -0.2) is 20.4 Å². The van der Waals surface area contributed by atoms with E-state index in [0.717, 1.165) is 27.1 Å². The Kier molecular flexibility index (Phi) is 4.98. The number of rotatable bonds is 3. The molecule has 0 aromatic heterocycles. The number of fused-ring (bicyclic) bond motifs is 2. The van der Waals surface area contributed by atoms with Gasteiger partial charge in [0.25, 0.3) is 0 Å². The van der Waals surface area contributed by atoms with E-state index in [1.807, 2.05) is 12.1 Å². The Balaban J connectivity index is 1.45. The summed E-state index contributed by atoms with van der Waals surface area (Å²) >= 11 is 0. The van der Waals surface area contributed by atoms with Crippen molar-refractivity contribution < 1.29 is 20.4 Å². The molecule has 4 nitrogen and oxygen atoms in total. The molecule has 0 aliphatic heterocycles. The first kappa shape index (κ1) is 23.6. The predicted octanol–water partition coefficient (Wildman–Crippen LogP) is 7.98. The van der Waals surface area contributed by atoms with Crippen molar-refractivity contribution >= 4 is 21.5 Å². The van der Waals surface area contributed by atoms with Gasteiger partial charge in [-0.15, -0.1) is 0 Å². The van der Waals surface area contributed by atoms with Gasteiger partial charge in [-0.3, -0.25) is 0 Å². The van der Waals surface area contributed by atoms with Crippen LogP contribution in [-0.2, 0) is 0 Å². The summed E-state index contributed by atoms with van der Waals surface area (Å²) < 4.78 is 0. The molecule has 0 bridgehead atoms. The molecule has 41 heavy (non-hydrogen) atoms. The summed E-state index contributed by atoms with van der Waals surface area (Å²) in [6.07, 6.45) is 19.7. The minimum Gasteiger partial charge on any atom is -0.508 e. The van der Waals surface area contributed by atoms with Gasteiger partial charge in [-0.2, -0.15) is 0 Å². The number of allylic oxidation sites excluding steroid dienone is 14. The van der Waals surface area contributed by atoms with Crippen molar-refractivity contribution in [1.29, 1.82) is 0 Å². The second-order valence-electron chi connectivity index (χ2n) is 11.2. The molecule has 2 unspecified atom stereocenters. The van der Waals surface area contributed by atoms with Crippen LogP contribution in [0.5, 0.6) is 23.0 Å². The van der Waals surface area contributed by atoms with E-state index in [1.54, 1.807) is 48.5 Å². The van der Waals surface area contributed by atoms with Crippen molar-refractivity contribution in [2.75, 3.05) is 0 Å². The van der Waals surface area contributed by atoms with Crippen LogP contribution < -0.4 is 0 Å². The average molecular weight is 535 g/mol. The van der Waals surface area contributed by atoms with Crippen molar-refractivity contribution in [3.63, 3.8) is 0 Å². The summed E-state index contributed by atoms with van der Waals surface area (Å²) in [5.41, 5.74) is 7.22. The molecule has 4 aliphatic rings. The predicted molar refractivity (Wildman–Crippen MR) is 162 cm³/mol. The normalized spacial score (nSPS) is 20.4. The Labute approximate surface area is 236 Å². The zero-order valence-electron chi connectivity index (χ0n) is 22.0. The molecule has 0 saturated heterocycles. The van der Waals surface area contributed by atoms with Crippen molar-refractivity contribution in [1.82, 2.24) is 0 Å². The van der Waals surface area contributed by atoms with Crippen LogP contribution in [0.1, 0.15) is 17.0 Å². The maximum absolute atomic E-state index is 11.5. The van der Waals surface area contributed by atoms with Crippen molar-refractivity contribution in [2.24, 2.45) is 11.8 Å². The molecule has 0 spiro atoms. The van der Waals surface area contributed by atoms with Gasteiger partial charge in [0.05, 0.1) is 0 Å². The molecule has 0 fully saturated rings. The van der Waals surface area contributed by atoms with Crippen molar-refractivity contribution in [3.8, 4) is 23.0 Å². The van der Waals surface area contributed by atoms with Crippen LogP contribution in [0.4, 0.5) is 0 Å². The van der Waals surface area contributed by atoms with Gasteiger partial charge in [0.1, 0.15) is 23.0 Å². The lowest BCUT2D eigenvalue weighted by Crippen LogP contribution is -2.29. The van der Waals surface area contributed by atoms with Gasteiger partial charge in [-0.05, 0) is 85.8 Å². The van der Waals surface area contributed by atoms with E-state index in [9.17, 15) is 20.4 Å². The first-order valence-electron chi connectivity index (χ1n) is 13.8. The molecule has 0 amide bonds. The minimum absolute atomic E-state index is 0.103. The van der Waals surface area contributed by atoms with E-state index >= 15 is 0 Å². The summed E-state index contributed by atoms with van der Waals surface area (Å²) in [5, 5.41) is 46.5. The van der Waals surface area contributed by atoms with Gasteiger partial charge in [-0.1, -0.05) is 78.9 Å². The highest BCUT2D eigenvalue weighted by Crippen LogP contribution is 2.53. The highest BCUT2D eigenvalue weighted by atomic mass is 16.3. The van der Waals surface area contributed by atoms with Crippen molar-refractivity contribution in [2.45, 2.75) is 5.92 Å². The standard InChI is InChI=1S/C37H26O4/c38-27-10-12-29-22(18-27)8-14-31(40)36(29)35(37-30-13-11-28(39)19-23(30)9-15-32(37)41)26-16-24-6-4-20-2-1-3-21-5-7-25(17-26)34(24)33(20)21/h1-19,33-35,38-41H. The lowest BCUT2D eigenvalue weighted by Gasteiger charge is -2.41. The Morgan fingerprint density at radius 1 is 0.512 bits per heavy atom. The van der Waals surface area contributed by atoms with Crippen LogP contribution in [0.15, 0.2) is 143 Å². The van der Waals surface area contributed by atoms with E-state index in [0.29, 0.717) is 11.1 Å². The first-order valence-corrected chi connectivity index (χ1v) is 13.8. The minimum atomic E-state index is -0.548. The van der Waals surface area contributed by atoms with Crippen LogP contribution in [0.3, 0.4) is 0 Å². The maximum Gasteiger partial charge on any atom is 0.120 e. The lowest BCUT2D eigenvalue weighted by atomic mass is 9.63. The molecular formula is C37H26O4. The highest BCUT2D eigenvalue weighted by molar-refractivity contribution is 5.95. The smallest absolute Gasteiger partial charge is 0.120 e. The number of hydrogen-bond acceptors (Lipinski definition) is 4. The van der Waals surface area contributed by atoms with Gasteiger partial charge < -0.3 is 20.4 Å². The molecule has 0 radical (unpaired) electrons. The fourth-order valence-corrected chi connectivity index (χ4v) is 7.16. The van der Waals surface area contributed by atoms with Gasteiger partial charge in [-0.25, -0.2) is 0 Å². The Bertz CT molecular complexity index is 1960. The molecule has 8 rings (SSSR count). The molecule has 4 heteroatoms. The molecular weight excluding hydrogens is 508 g/mol. The lowest BCUT2D eigenvalue weighted by molar-refractivity contribution is 0.459. The summed E-state index contributed by atoms with van der Waals surface area (Å²) in [6.45, 7) is 0. The summed E-state index contributed by atoms with van der Waals surface area (Å²) in [7, 11) is 0. The largest absolute Gasteiger partial charge is 0.508 e. The second kappa shape index (κ2) is 8.64. The average Bonchev–Trinajstić information content (AvgIpc) is 2.98. The molecule has 4 aromatic carbocycles. The molecule has 0 saturated carbocycles. The molecule has 0 heterocycles. The number of benzene rings is 4. The maximum atomic E-state index is 11.5. The zero-order valence-corrected chi connectivity index (χ0v) is 22.0. The number of phenols is 4. The summed E-state index contributed by atoms with van der Waals surface area (Å²) in [6, 6.07) is 17.1. The number of aromatic hydroxyl groups is 4. The van der Waals surface area contributed by atoms with Crippen LogP contribution >= 0.6 is 0 Å². The van der Waals surface area contributed by atoms with Crippen LogP contribution in [0.2, 0.25) is 0 Å².